The Kier molecular flexibility index (Phi) is 3.21. The zero-order valence-corrected chi connectivity index (χ0v) is 13.1. The molecule has 22 heavy (non-hydrogen) atoms. The maximum Gasteiger partial charge on any atom is 0.165 e. The lowest BCUT2D eigenvalue weighted by atomic mass is 10.2. The predicted octanol–water partition coefficient (Wildman–Crippen LogP) is 4.34. The summed E-state index contributed by atoms with van der Waals surface area (Å²) < 4.78 is 14.3. The monoisotopic (exact) mass is 295 g/mol. The van der Waals surface area contributed by atoms with E-state index in [2.05, 4.69) is 60.0 Å². The topological polar surface area (TPSA) is 23.4 Å². The molecule has 0 aliphatic carbocycles. The standard InChI is InChI=1S/C19H21NO2/c1-3-19(2)21-13-14(22-19)12-20-17-10-6-4-8-15(17)16-9-5-7-11-18(16)20/h4-11,14H,3,12-13H2,1-2H3/t14-,19-/m1/s1. The van der Waals surface area contributed by atoms with Gasteiger partial charge in [-0.15, -0.1) is 0 Å². The van der Waals surface area contributed by atoms with E-state index in [0.717, 1.165) is 13.0 Å². The minimum atomic E-state index is -0.427. The Morgan fingerprint density at radius 3 is 2.18 bits per heavy atom. The Morgan fingerprint density at radius 2 is 1.64 bits per heavy atom. The van der Waals surface area contributed by atoms with Crippen molar-refractivity contribution in [3.05, 3.63) is 48.5 Å². The van der Waals surface area contributed by atoms with Gasteiger partial charge in [0.2, 0.25) is 0 Å². The SMILES string of the molecule is CC[C@]1(C)OC[C@@H](Cn2c3ccccc3c3ccccc32)O1. The van der Waals surface area contributed by atoms with Crippen molar-refractivity contribution in [1.82, 2.24) is 4.57 Å². The van der Waals surface area contributed by atoms with E-state index < -0.39 is 5.79 Å². The van der Waals surface area contributed by atoms with Crippen LogP contribution in [0.4, 0.5) is 0 Å². The van der Waals surface area contributed by atoms with Crippen molar-refractivity contribution >= 4 is 21.8 Å². The number of benzene rings is 2. The van der Waals surface area contributed by atoms with Gasteiger partial charge >= 0.3 is 0 Å². The number of aromatic nitrogens is 1. The van der Waals surface area contributed by atoms with Crippen LogP contribution >= 0.6 is 0 Å². The summed E-state index contributed by atoms with van der Waals surface area (Å²) in [7, 11) is 0. The maximum atomic E-state index is 6.13. The first-order chi connectivity index (χ1) is 10.7. The smallest absolute Gasteiger partial charge is 0.165 e. The molecule has 0 spiro atoms. The van der Waals surface area contributed by atoms with E-state index in [1.165, 1.54) is 21.8 Å². The molecule has 1 aliphatic rings. The summed E-state index contributed by atoms with van der Waals surface area (Å²) in [4.78, 5) is 0. The quantitative estimate of drug-likeness (QED) is 0.717. The van der Waals surface area contributed by atoms with Crippen LogP contribution in [0.25, 0.3) is 21.8 Å². The normalized spacial score (nSPS) is 25.3. The Morgan fingerprint density at radius 1 is 1.05 bits per heavy atom. The van der Waals surface area contributed by atoms with Crippen LogP contribution in [0.15, 0.2) is 48.5 Å². The number of fused-ring (bicyclic) bond motifs is 3. The Balaban J connectivity index is 1.77. The third-order valence-corrected chi connectivity index (χ3v) is 4.70. The van der Waals surface area contributed by atoms with E-state index in [-0.39, 0.29) is 6.10 Å². The highest BCUT2D eigenvalue weighted by Gasteiger charge is 2.35. The Labute approximate surface area is 130 Å². The van der Waals surface area contributed by atoms with Crippen LogP contribution in [0.3, 0.4) is 0 Å². The molecular formula is C19H21NO2. The number of hydrogen-bond donors (Lipinski definition) is 0. The van der Waals surface area contributed by atoms with Gasteiger partial charge in [0.1, 0.15) is 6.10 Å². The summed E-state index contributed by atoms with van der Waals surface area (Å²) in [5, 5.41) is 2.60. The summed E-state index contributed by atoms with van der Waals surface area (Å²) in [5.41, 5.74) is 2.52. The predicted molar refractivity (Wildman–Crippen MR) is 89.0 cm³/mol. The Hall–Kier alpha value is -1.84. The molecule has 2 atom stereocenters. The van der Waals surface area contributed by atoms with Crippen molar-refractivity contribution in [3.8, 4) is 0 Å². The molecule has 0 unspecified atom stereocenters. The van der Waals surface area contributed by atoms with Crippen molar-refractivity contribution in [1.29, 1.82) is 0 Å². The zero-order chi connectivity index (χ0) is 15.2. The van der Waals surface area contributed by atoms with Crippen molar-refractivity contribution in [2.45, 2.75) is 38.7 Å². The van der Waals surface area contributed by atoms with Gasteiger partial charge in [0.15, 0.2) is 5.79 Å². The summed E-state index contributed by atoms with van der Waals surface area (Å²) in [6, 6.07) is 17.1. The van der Waals surface area contributed by atoms with E-state index >= 15 is 0 Å². The molecule has 114 valence electrons. The molecular weight excluding hydrogens is 274 g/mol. The third kappa shape index (κ3) is 2.13. The van der Waals surface area contributed by atoms with Crippen LogP contribution < -0.4 is 0 Å². The Bertz CT molecular complexity index is 769. The molecule has 2 heterocycles. The van der Waals surface area contributed by atoms with Gasteiger partial charge in [-0.1, -0.05) is 43.3 Å². The van der Waals surface area contributed by atoms with Gasteiger partial charge < -0.3 is 14.0 Å². The molecule has 0 radical (unpaired) electrons. The van der Waals surface area contributed by atoms with E-state index in [1.54, 1.807) is 0 Å². The van der Waals surface area contributed by atoms with Gasteiger partial charge in [-0.3, -0.25) is 0 Å². The molecule has 1 aromatic heterocycles. The van der Waals surface area contributed by atoms with Crippen LogP contribution in [0.2, 0.25) is 0 Å². The molecule has 0 bridgehead atoms. The van der Waals surface area contributed by atoms with Gasteiger partial charge in [-0.25, -0.2) is 0 Å². The van der Waals surface area contributed by atoms with Gasteiger partial charge in [0.05, 0.1) is 13.2 Å². The second kappa shape index (κ2) is 5.11. The fraction of sp³-hybridized carbons (Fsp3) is 0.368. The van der Waals surface area contributed by atoms with Gasteiger partial charge in [0.25, 0.3) is 0 Å². The second-order valence-electron chi connectivity index (χ2n) is 6.18. The average Bonchev–Trinajstić information content (AvgIpc) is 3.09. The number of ether oxygens (including phenoxy) is 2. The minimum absolute atomic E-state index is 0.101. The molecule has 0 amide bonds. The molecule has 0 N–H and O–H groups in total. The summed E-state index contributed by atoms with van der Waals surface area (Å²) >= 11 is 0. The van der Waals surface area contributed by atoms with Gasteiger partial charge in [0, 0.05) is 21.8 Å². The highest BCUT2D eigenvalue weighted by Crippen LogP contribution is 2.32. The number of nitrogens with zero attached hydrogens (tertiary/aromatic N) is 1. The van der Waals surface area contributed by atoms with Crippen LogP contribution in [-0.4, -0.2) is 23.1 Å². The van der Waals surface area contributed by atoms with Gasteiger partial charge in [-0.05, 0) is 25.5 Å². The minimum Gasteiger partial charge on any atom is -0.347 e. The first kappa shape index (κ1) is 13.8. The van der Waals surface area contributed by atoms with E-state index in [1.807, 2.05) is 6.92 Å². The van der Waals surface area contributed by atoms with E-state index in [0.29, 0.717) is 6.61 Å². The molecule has 0 saturated carbocycles. The lowest BCUT2D eigenvalue weighted by Gasteiger charge is -2.21. The number of rotatable bonds is 3. The van der Waals surface area contributed by atoms with Crippen molar-refractivity contribution in [3.63, 3.8) is 0 Å². The summed E-state index contributed by atoms with van der Waals surface area (Å²) in [5.74, 6) is -0.427. The average molecular weight is 295 g/mol. The first-order valence-corrected chi connectivity index (χ1v) is 7.98. The fourth-order valence-electron chi connectivity index (χ4n) is 3.37. The number of hydrogen-bond acceptors (Lipinski definition) is 2. The highest BCUT2D eigenvalue weighted by atomic mass is 16.7. The van der Waals surface area contributed by atoms with Crippen LogP contribution in [0, 0.1) is 0 Å². The molecule has 4 rings (SSSR count). The van der Waals surface area contributed by atoms with Crippen molar-refractivity contribution < 1.29 is 9.47 Å². The van der Waals surface area contributed by atoms with Gasteiger partial charge in [-0.2, -0.15) is 0 Å². The summed E-state index contributed by atoms with van der Waals surface area (Å²) in [6.45, 7) is 5.61. The molecule has 3 aromatic rings. The van der Waals surface area contributed by atoms with E-state index in [9.17, 15) is 0 Å². The molecule has 3 heteroatoms. The molecule has 2 aromatic carbocycles. The largest absolute Gasteiger partial charge is 0.347 e. The van der Waals surface area contributed by atoms with Crippen molar-refractivity contribution in [2.75, 3.05) is 6.61 Å². The first-order valence-electron chi connectivity index (χ1n) is 7.98. The lowest BCUT2D eigenvalue weighted by molar-refractivity contribution is -0.156. The summed E-state index contributed by atoms with van der Waals surface area (Å²) in [6.07, 6.45) is 0.973. The highest BCUT2D eigenvalue weighted by molar-refractivity contribution is 6.07. The zero-order valence-electron chi connectivity index (χ0n) is 13.1. The van der Waals surface area contributed by atoms with Crippen LogP contribution in [-0.2, 0) is 16.0 Å². The lowest BCUT2D eigenvalue weighted by Crippen LogP contribution is -2.26. The second-order valence-corrected chi connectivity index (χ2v) is 6.18. The van der Waals surface area contributed by atoms with E-state index in [4.69, 9.17) is 9.47 Å². The fourth-order valence-corrected chi connectivity index (χ4v) is 3.37. The molecule has 1 fully saturated rings. The van der Waals surface area contributed by atoms with Crippen molar-refractivity contribution in [2.24, 2.45) is 0 Å². The third-order valence-electron chi connectivity index (χ3n) is 4.70. The maximum absolute atomic E-state index is 6.13. The molecule has 1 saturated heterocycles. The van der Waals surface area contributed by atoms with Crippen LogP contribution in [0.1, 0.15) is 20.3 Å². The molecule has 3 nitrogen and oxygen atoms in total. The number of para-hydroxylation sites is 2. The molecule has 1 aliphatic heterocycles. The van der Waals surface area contributed by atoms with Crippen LogP contribution in [0.5, 0.6) is 0 Å².